The lowest BCUT2D eigenvalue weighted by Gasteiger charge is -2.28. The molecule has 1 aliphatic rings. The van der Waals surface area contributed by atoms with E-state index in [0.717, 1.165) is 5.56 Å². The third-order valence-electron chi connectivity index (χ3n) is 7.05. The zero-order valence-corrected chi connectivity index (χ0v) is 23.9. The van der Waals surface area contributed by atoms with Gasteiger partial charge in [-0.25, -0.2) is 19.7 Å². The normalized spacial score (nSPS) is 13.0. The van der Waals surface area contributed by atoms with Crippen LogP contribution in [0.1, 0.15) is 13.3 Å². The van der Waals surface area contributed by atoms with E-state index in [0.29, 0.717) is 83.6 Å². The molecule has 11 nitrogen and oxygen atoms in total. The number of morpholine rings is 1. The molecule has 222 valence electrons. The molecule has 0 atom stereocenters. The van der Waals surface area contributed by atoms with E-state index in [4.69, 9.17) is 14.7 Å². The first-order valence-corrected chi connectivity index (χ1v) is 14.2. The van der Waals surface area contributed by atoms with E-state index in [1.807, 2.05) is 12.1 Å². The molecular formula is C32H29FN8O3. The highest BCUT2D eigenvalue weighted by Gasteiger charge is 2.20. The first-order chi connectivity index (χ1) is 21.5. The number of ether oxygens (including phenoxy) is 1. The van der Waals surface area contributed by atoms with Crippen LogP contribution < -0.4 is 20.9 Å². The summed E-state index contributed by atoms with van der Waals surface area (Å²) in [5.41, 5.74) is 4.61. The molecule has 0 radical (unpaired) electrons. The average molecular weight is 593 g/mol. The number of pyridine rings is 2. The quantitative estimate of drug-likeness (QED) is 0.204. The van der Waals surface area contributed by atoms with Crippen LogP contribution in [0.4, 0.5) is 32.1 Å². The van der Waals surface area contributed by atoms with Gasteiger partial charge in [0.25, 0.3) is 0 Å². The predicted octanol–water partition coefficient (Wildman–Crippen LogP) is 5.72. The van der Waals surface area contributed by atoms with Crippen molar-refractivity contribution in [2.45, 2.75) is 13.3 Å². The number of halogens is 1. The van der Waals surface area contributed by atoms with Crippen molar-refractivity contribution in [2.75, 3.05) is 47.2 Å². The zero-order chi connectivity index (χ0) is 30.5. The number of hydrogen-bond acceptors (Lipinski definition) is 8. The number of urea groups is 1. The van der Waals surface area contributed by atoms with Crippen molar-refractivity contribution < 1.29 is 18.7 Å². The van der Waals surface area contributed by atoms with Crippen LogP contribution in [0.15, 0.2) is 79.1 Å². The Bertz CT molecular complexity index is 1810. The maximum absolute atomic E-state index is 14.5. The fourth-order valence-corrected chi connectivity index (χ4v) is 4.76. The van der Waals surface area contributed by atoms with Crippen LogP contribution in [0.5, 0.6) is 0 Å². The van der Waals surface area contributed by atoms with Gasteiger partial charge >= 0.3 is 6.03 Å². The van der Waals surface area contributed by atoms with E-state index < -0.39 is 12.0 Å². The number of rotatable bonds is 7. The number of carbonyl (C=O) groups is 2. The summed E-state index contributed by atoms with van der Waals surface area (Å²) in [6, 6.07) is 18.7. The molecule has 12 heteroatoms. The Morgan fingerprint density at radius 2 is 1.52 bits per heavy atom. The Morgan fingerprint density at radius 1 is 0.864 bits per heavy atom. The SMILES string of the molecule is CCC(=O)Nc1ccc(NC(=O)Nc2ccc(-c3nc(N4CCOCC4)c4ncc(-c5cccnc5F)cc4n3)cc2)cc1. The first-order valence-electron chi connectivity index (χ1n) is 14.2. The summed E-state index contributed by atoms with van der Waals surface area (Å²) < 4.78 is 20.0. The minimum atomic E-state index is -0.582. The number of amides is 3. The molecule has 0 unspecified atom stereocenters. The van der Waals surface area contributed by atoms with Crippen molar-refractivity contribution in [3.05, 3.63) is 85.1 Å². The molecule has 0 aliphatic carbocycles. The van der Waals surface area contributed by atoms with E-state index in [9.17, 15) is 14.0 Å². The Labute approximate surface area is 252 Å². The molecule has 44 heavy (non-hydrogen) atoms. The van der Waals surface area contributed by atoms with Crippen LogP contribution in [-0.4, -0.2) is 58.2 Å². The first kappa shape index (κ1) is 28.6. The van der Waals surface area contributed by atoms with Gasteiger partial charge in [0.05, 0.1) is 18.7 Å². The maximum Gasteiger partial charge on any atom is 0.323 e. The molecule has 1 aliphatic heterocycles. The molecule has 0 saturated carbocycles. The van der Waals surface area contributed by atoms with Gasteiger partial charge in [0.1, 0.15) is 5.52 Å². The molecule has 3 aromatic heterocycles. The molecule has 3 amide bonds. The van der Waals surface area contributed by atoms with Gasteiger partial charge in [-0.15, -0.1) is 0 Å². The number of hydrogen-bond donors (Lipinski definition) is 3. The van der Waals surface area contributed by atoms with E-state index >= 15 is 0 Å². The molecule has 2 aromatic carbocycles. The second kappa shape index (κ2) is 12.8. The Hall–Kier alpha value is -5.49. The van der Waals surface area contributed by atoms with Crippen LogP contribution in [0.2, 0.25) is 0 Å². The molecule has 1 saturated heterocycles. The van der Waals surface area contributed by atoms with Gasteiger partial charge in [0.2, 0.25) is 11.9 Å². The third-order valence-corrected chi connectivity index (χ3v) is 7.05. The largest absolute Gasteiger partial charge is 0.378 e. The summed E-state index contributed by atoms with van der Waals surface area (Å²) >= 11 is 0. The van der Waals surface area contributed by atoms with Gasteiger partial charge in [-0.05, 0) is 66.7 Å². The van der Waals surface area contributed by atoms with Gasteiger partial charge in [0.15, 0.2) is 11.6 Å². The maximum atomic E-state index is 14.5. The van der Waals surface area contributed by atoms with Crippen LogP contribution in [0.25, 0.3) is 33.5 Å². The highest BCUT2D eigenvalue weighted by atomic mass is 19.1. The third kappa shape index (κ3) is 6.45. The lowest BCUT2D eigenvalue weighted by molar-refractivity contribution is -0.115. The fraction of sp³-hybridized carbons (Fsp3) is 0.188. The molecule has 3 N–H and O–H groups in total. The summed E-state index contributed by atoms with van der Waals surface area (Å²) in [5.74, 6) is 0.477. The average Bonchev–Trinajstić information content (AvgIpc) is 3.05. The molecule has 1 fully saturated rings. The van der Waals surface area contributed by atoms with Crippen LogP contribution in [-0.2, 0) is 9.53 Å². The van der Waals surface area contributed by atoms with Gasteiger partial charge in [0, 0.05) is 65.7 Å². The zero-order valence-electron chi connectivity index (χ0n) is 23.9. The van der Waals surface area contributed by atoms with Crippen LogP contribution in [0.3, 0.4) is 0 Å². The van der Waals surface area contributed by atoms with Gasteiger partial charge < -0.3 is 25.6 Å². The molecule has 0 bridgehead atoms. The van der Waals surface area contributed by atoms with Crippen molar-refractivity contribution in [1.82, 2.24) is 19.9 Å². The van der Waals surface area contributed by atoms with E-state index in [1.165, 1.54) is 6.20 Å². The summed E-state index contributed by atoms with van der Waals surface area (Å²) in [7, 11) is 0. The molecule has 6 rings (SSSR count). The Morgan fingerprint density at radius 3 is 2.18 bits per heavy atom. The number of anilines is 4. The number of nitrogens with zero attached hydrogens (tertiary/aromatic N) is 5. The standard InChI is InChI=1S/C32H29FN8O3/c1-2-27(42)36-22-9-11-24(12-10-22)38-32(43)37-23-7-5-20(6-8-23)30-39-26-18-21(25-4-3-13-34-29(25)33)19-35-28(26)31(40-30)41-14-16-44-17-15-41/h3-13,18-19H,2,14-17H2,1H3,(H,36,42)(H2,37,38,43). The van der Waals surface area contributed by atoms with Crippen molar-refractivity contribution in [3.8, 4) is 22.5 Å². The minimum Gasteiger partial charge on any atom is -0.378 e. The Kier molecular flexibility index (Phi) is 8.32. The van der Waals surface area contributed by atoms with Gasteiger partial charge in [-0.2, -0.15) is 4.39 Å². The number of aromatic nitrogens is 4. The smallest absolute Gasteiger partial charge is 0.323 e. The number of fused-ring (bicyclic) bond motifs is 1. The second-order valence-corrected chi connectivity index (χ2v) is 10.0. The molecule has 0 spiro atoms. The van der Waals surface area contributed by atoms with Gasteiger partial charge in [-0.3, -0.25) is 9.78 Å². The lowest BCUT2D eigenvalue weighted by Crippen LogP contribution is -2.37. The van der Waals surface area contributed by atoms with E-state index in [-0.39, 0.29) is 5.91 Å². The summed E-state index contributed by atoms with van der Waals surface area (Å²) in [5, 5.41) is 8.36. The highest BCUT2D eigenvalue weighted by Crippen LogP contribution is 2.31. The highest BCUT2D eigenvalue weighted by molar-refractivity contribution is 6.00. The monoisotopic (exact) mass is 592 g/mol. The molecule has 4 heterocycles. The number of carbonyl (C=O) groups excluding carboxylic acids is 2. The molecule has 5 aromatic rings. The Balaban J connectivity index is 1.23. The van der Waals surface area contributed by atoms with Crippen molar-refractivity contribution in [3.63, 3.8) is 0 Å². The van der Waals surface area contributed by atoms with Crippen LogP contribution >= 0.6 is 0 Å². The number of nitrogens with one attached hydrogen (secondary N) is 3. The lowest BCUT2D eigenvalue weighted by atomic mass is 10.1. The topological polar surface area (TPSA) is 134 Å². The van der Waals surface area contributed by atoms with E-state index in [1.54, 1.807) is 67.7 Å². The van der Waals surface area contributed by atoms with Crippen LogP contribution in [0, 0.1) is 5.95 Å². The van der Waals surface area contributed by atoms with E-state index in [2.05, 4.69) is 30.8 Å². The predicted molar refractivity (Wildman–Crippen MR) is 167 cm³/mol. The second-order valence-electron chi connectivity index (χ2n) is 10.0. The molecular weight excluding hydrogens is 563 g/mol. The minimum absolute atomic E-state index is 0.0835. The van der Waals surface area contributed by atoms with Gasteiger partial charge in [-0.1, -0.05) is 6.92 Å². The van der Waals surface area contributed by atoms with Crippen molar-refractivity contribution in [2.24, 2.45) is 0 Å². The van der Waals surface area contributed by atoms with Crippen molar-refractivity contribution >= 4 is 45.9 Å². The van der Waals surface area contributed by atoms with Crippen molar-refractivity contribution in [1.29, 1.82) is 0 Å². The summed E-state index contributed by atoms with van der Waals surface area (Å²) in [6.07, 6.45) is 3.40. The number of benzene rings is 2. The summed E-state index contributed by atoms with van der Waals surface area (Å²) in [4.78, 5) is 44.4. The summed E-state index contributed by atoms with van der Waals surface area (Å²) in [6.45, 7) is 4.23. The fourth-order valence-electron chi connectivity index (χ4n) is 4.76.